The second-order valence-electron chi connectivity index (χ2n) is 10.6. The Morgan fingerprint density at radius 1 is 1.19 bits per heavy atom. The Labute approximate surface area is 208 Å². The largest absolute Gasteiger partial charge is 0.451 e. The Bertz CT molecular complexity index is 1110. The molecule has 1 fully saturated rings. The van der Waals surface area contributed by atoms with Gasteiger partial charge < -0.3 is 20.3 Å². The van der Waals surface area contributed by atoms with Gasteiger partial charge in [0.25, 0.3) is 0 Å². The summed E-state index contributed by atoms with van der Waals surface area (Å²) in [6, 6.07) is -0.400. The van der Waals surface area contributed by atoms with E-state index < -0.39 is 23.6 Å². The number of alkyl halides is 3. The molecule has 0 bridgehead atoms. The molecule has 0 spiro atoms. The summed E-state index contributed by atoms with van der Waals surface area (Å²) in [4.78, 5) is 30.8. The number of fused-ring (bicyclic) bond motifs is 1. The number of likely N-dealkylation sites (N-methyl/N-ethyl adjacent to an activating group) is 1. The lowest BCUT2D eigenvalue weighted by Gasteiger charge is -2.40. The van der Waals surface area contributed by atoms with Gasteiger partial charge in [-0.3, -0.25) is 4.79 Å². The SMILES string of the molecule is Cc1nc(N[C@H]2C[C@H](Cc3cnc(C(F)(F)F)nc3)C2)nc2c1NC(=O)C([C@@H](C)OC(C)(C)C)N2C. The third-order valence-corrected chi connectivity index (χ3v) is 6.38. The van der Waals surface area contributed by atoms with Crippen LogP contribution in [0.15, 0.2) is 12.4 Å². The maximum atomic E-state index is 12.9. The summed E-state index contributed by atoms with van der Waals surface area (Å²) in [6.07, 6.45) is -0.141. The molecule has 2 aliphatic rings. The van der Waals surface area contributed by atoms with Crippen LogP contribution in [0.25, 0.3) is 0 Å². The molecule has 0 radical (unpaired) electrons. The van der Waals surface area contributed by atoms with Crippen molar-refractivity contribution in [3.63, 3.8) is 0 Å². The van der Waals surface area contributed by atoms with Gasteiger partial charge in [-0.2, -0.15) is 18.2 Å². The fraction of sp³-hybridized carbons (Fsp3) is 0.625. The average Bonchev–Trinajstić information content (AvgIpc) is 2.71. The van der Waals surface area contributed by atoms with Crippen molar-refractivity contribution in [2.45, 2.75) is 83.8 Å². The Balaban J connectivity index is 1.39. The zero-order chi connectivity index (χ0) is 26.4. The zero-order valence-corrected chi connectivity index (χ0v) is 21.3. The van der Waals surface area contributed by atoms with Crippen LogP contribution in [0.3, 0.4) is 0 Å². The zero-order valence-electron chi connectivity index (χ0n) is 21.3. The fourth-order valence-corrected chi connectivity index (χ4v) is 4.82. The van der Waals surface area contributed by atoms with Crippen molar-refractivity contribution in [3.05, 3.63) is 29.5 Å². The van der Waals surface area contributed by atoms with E-state index >= 15 is 0 Å². The van der Waals surface area contributed by atoms with Crippen LogP contribution < -0.4 is 15.5 Å². The Kier molecular flexibility index (Phi) is 6.84. The highest BCUT2D eigenvalue weighted by Gasteiger charge is 2.39. The van der Waals surface area contributed by atoms with Gasteiger partial charge in [-0.15, -0.1) is 0 Å². The smallest absolute Gasteiger partial charge is 0.370 e. The van der Waals surface area contributed by atoms with Crippen molar-refractivity contribution in [1.29, 1.82) is 0 Å². The van der Waals surface area contributed by atoms with Crippen molar-refractivity contribution >= 4 is 23.4 Å². The number of hydrogen-bond donors (Lipinski definition) is 2. The molecule has 1 aliphatic heterocycles. The number of halogens is 3. The van der Waals surface area contributed by atoms with Crippen LogP contribution in [0.2, 0.25) is 0 Å². The molecule has 9 nitrogen and oxygen atoms in total. The minimum atomic E-state index is -4.54. The molecule has 1 amide bonds. The number of amides is 1. The minimum absolute atomic E-state index is 0.144. The first-order valence-corrected chi connectivity index (χ1v) is 12.0. The molecule has 1 unspecified atom stereocenters. The second-order valence-corrected chi connectivity index (χ2v) is 10.6. The average molecular weight is 508 g/mol. The van der Waals surface area contributed by atoms with Crippen molar-refractivity contribution in [2.24, 2.45) is 5.92 Å². The maximum absolute atomic E-state index is 12.9. The lowest BCUT2D eigenvalue weighted by atomic mass is 9.77. The van der Waals surface area contributed by atoms with Gasteiger partial charge in [0.15, 0.2) is 5.82 Å². The van der Waals surface area contributed by atoms with Gasteiger partial charge in [0, 0.05) is 25.5 Å². The van der Waals surface area contributed by atoms with Gasteiger partial charge in [-0.1, -0.05) is 0 Å². The van der Waals surface area contributed by atoms with Crippen LogP contribution in [0.5, 0.6) is 0 Å². The number of carbonyl (C=O) groups excluding carboxylic acids is 1. The fourth-order valence-electron chi connectivity index (χ4n) is 4.82. The standard InChI is InChI=1S/C24H32F3N7O2/c1-12-17-19(34(6)18(20(35)32-17)13(2)36-23(3,4)5)33-22(30-12)31-16-8-14(9-16)7-15-10-28-21(29-11-15)24(25,26)27/h10-11,13-14,16,18H,7-9H2,1-6H3,(H,32,35)(H,30,31,33)/t13-,14-,16-,18?/m1/s1. The molecule has 4 rings (SSSR count). The van der Waals surface area contributed by atoms with Crippen LogP contribution in [-0.2, 0) is 22.1 Å². The third kappa shape index (κ3) is 5.69. The van der Waals surface area contributed by atoms with Gasteiger partial charge in [-0.25, -0.2) is 15.0 Å². The summed E-state index contributed by atoms with van der Waals surface area (Å²) in [5, 5.41) is 6.29. The minimum Gasteiger partial charge on any atom is -0.370 e. The topological polar surface area (TPSA) is 105 Å². The molecule has 2 atom stereocenters. The number of ether oxygens (including phenoxy) is 1. The molecule has 196 valence electrons. The predicted octanol–water partition coefficient (Wildman–Crippen LogP) is 3.99. The summed E-state index contributed by atoms with van der Waals surface area (Å²) >= 11 is 0. The van der Waals surface area contributed by atoms with Crippen LogP contribution in [0.1, 0.15) is 57.6 Å². The van der Waals surface area contributed by atoms with E-state index in [2.05, 4.69) is 30.6 Å². The number of aromatic nitrogens is 4. The van der Waals surface area contributed by atoms with E-state index in [0.29, 0.717) is 41.0 Å². The molecular weight excluding hydrogens is 475 g/mol. The van der Waals surface area contributed by atoms with Gasteiger partial charge in [0.2, 0.25) is 17.7 Å². The van der Waals surface area contributed by atoms with E-state index in [0.717, 1.165) is 12.8 Å². The second kappa shape index (κ2) is 9.45. The summed E-state index contributed by atoms with van der Waals surface area (Å²) in [5.74, 6) is 0.115. The van der Waals surface area contributed by atoms with E-state index in [1.807, 2.05) is 46.6 Å². The lowest BCUT2D eigenvalue weighted by molar-refractivity contribution is -0.145. The van der Waals surface area contributed by atoms with Gasteiger partial charge >= 0.3 is 6.18 Å². The van der Waals surface area contributed by atoms with E-state index in [-0.39, 0.29) is 18.1 Å². The first kappa shape index (κ1) is 26.1. The van der Waals surface area contributed by atoms with E-state index in [1.165, 1.54) is 12.4 Å². The van der Waals surface area contributed by atoms with E-state index in [9.17, 15) is 18.0 Å². The number of hydrogen-bond acceptors (Lipinski definition) is 8. The molecule has 1 saturated carbocycles. The van der Waals surface area contributed by atoms with E-state index in [1.54, 1.807) is 0 Å². The van der Waals surface area contributed by atoms with Crippen LogP contribution in [0, 0.1) is 12.8 Å². The molecule has 3 heterocycles. The third-order valence-electron chi connectivity index (χ3n) is 6.38. The molecule has 1 aliphatic carbocycles. The van der Waals surface area contributed by atoms with Crippen molar-refractivity contribution in [1.82, 2.24) is 19.9 Å². The number of rotatable bonds is 6. The monoisotopic (exact) mass is 507 g/mol. The van der Waals surface area contributed by atoms with Gasteiger partial charge in [-0.05, 0) is 65.4 Å². The Hall–Kier alpha value is -3.02. The summed E-state index contributed by atoms with van der Waals surface area (Å²) < 4.78 is 44.0. The predicted molar refractivity (Wildman–Crippen MR) is 129 cm³/mol. The summed E-state index contributed by atoms with van der Waals surface area (Å²) in [7, 11) is 1.83. The van der Waals surface area contributed by atoms with Crippen LogP contribution in [0.4, 0.5) is 30.6 Å². The number of aryl methyl sites for hydroxylation is 1. The number of nitrogens with one attached hydrogen (secondary N) is 2. The molecule has 2 aromatic rings. The Morgan fingerprint density at radius 3 is 2.42 bits per heavy atom. The molecule has 2 N–H and O–H groups in total. The molecule has 0 aromatic carbocycles. The quantitative estimate of drug-likeness (QED) is 0.605. The van der Waals surface area contributed by atoms with Gasteiger partial charge in [0.1, 0.15) is 11.7 Å². The maximum Gasteiger partial charge on any atom is 0.451 e. The normalized spacial score (nSPS) is 23.0. The first-order valence-electron chi connectivity index (χ1n) is 12.0. The van der Waals surface area contributed by atoms with Crippen LogP contribution in [-0.4, -0.2) is 56.7 Å². The molecule has 2 aromatic heterocycles. The lowest BCUT2D eigenvalue weighted by Crippen LogP contribution is -2.54. The van der Waals surface area contributed by atoms with Crippen LogP contribution >= 0.6 is 0 Å². The highest BCUT2D eigenvalue weighted by atomic mass is 19.4. The van der Waals surface area contributed by atoms with Crippen molar-refractivity contribution in [2.75, 3.05) is 22.6 Å². The van der Waals surface area contributed by atoms with Crippen molar-refractivity contribution < 1.29 is 22.7 Å². The van der Waals surface area contributed by atoms with E-state index in [4.69, 9.17) is 4.74 Å². The number of carbonyl (C=O) groups is 1. The molecule has 0 saturated heterocycles. The number of anilines is 3. The Morgan fingerprint density at radius 2 is 1.83 bits per heavy atom. The molecule has 12 heteroatoms. The number of nitrogens with zero attached hydrogens (tertiary/aromatic N) is 5. The highest BCUT2D eigenvalue weighted by molar-refractivity contribution is 6.03. The summed E-state index contributed by atoms with van der Waals surface area (Å²) in [5.41, 5.74) is 1.52. The van der Waals surface area contributed by atoms with Gasteiger partial charge in [0.05, 0.1) is 17.4 Å². The highest BCUT2D eigenvalue weighted by Crippen LogP contribution is 2.36. The molecule has 36 heavy (non-hydrogen) atoms. The molecular formula is C24H32F3N7O2. The summed E-state index contributed by atoms with van der Waals surface area (Å²) in [6.45, 7) is 9.54. The first-order chi connectivity index (χ1) is 16.7. The van der Waals surface area contributed by atoms with Crippen molar-refractivity contribution in [3.8, 4) is 0 Å².